The topological polar surface area (TPSA) is 25.8 Å². The second-order valence-electron chi connectivity index (χ2n) is 12.1. The van der Waals surface area contributed by atoms with Crippen molar-refractivity contribution in [1.29, 1.82) is 0 Å². The van der Waals surface area contributed by atoms with Gasteiger partial charge in [-0.25, -0.2) is 0 Å². The van der Waals surface area contributed by atoms with Gasteiger partial charge in [0.1, 0.15) is 0 Å². The van der Waals surface area contributed by atoms with Gasteiger partial charge in [0.2, 0.25) is 0 Å². The third kappa shape index (κ3) is 5.85. The maximum Gasteiger partial charge on any atom is 0.0192 e. The second kappa shape index (κ2) is 11.8. The number of fused-ring (bicyclic) bond motifs is 3. The van der Waals surface area contributed by atoms with Crippen LogP contribution in [0.5, 0.6) is 0 Å². The fourth-order valence-electron chi connectivity index (χ4n) is 5.38. The molecule has 0 saturated heterocycles. The van der Waals surface area contributed by atoms with E-state index in [0.717, 1.165) is 22.5 Å². The minimum atomic E-state index is 0. The standard InChI is InChI=1S/C25H26N.C13H12N.Ir/c1-16-13-23(26-15-17(16)2)18-11-12-22-20(14-18)19-9-7-8-10-21(19)24(3,4)25(22,5)6;1-10-3-6-12(7-4-10)13-8-5-11(2)9-14-13;/h7-10,12-15H,1-6H3;3-6,8-9H,1-2H3;/q2*-1;. The molecule has 2 nitrogen and oxygen atoms in total. The molecular weight excluding hydrogens is 677 g/mol. The molecule has 0 bridgehead atoms. The van der Waals surface area contributed by atoms with Gasteiger partial charge >= 0.3 is 0 Å². The molecule has 0 aliphatic heterocycles. The van der Waals surface area contributed by atoms with E-state index >= 15 is 0 Å². The van der Waals surface area contributed by atoms with Crippen LogP contribution >= 0.6 is 0 Å². The Labute approximate surface area is 259 Å². The summed E-state index contributed by atoms with van der Waals surface area (Å²) in [5, 5.41) is 0. The van der Waals surface area contributed by atoms with Gasteiger partial charge in [-0.1, -0.05) is 88.2 Å². The van der Waals surface area contributed by atoms with E-state index in [9.17, 15) is 0 Å². The molecule has 2 aromatic heterocycles. The molecule has 2 heterocycles. The number of aryl methyl sites for hydroxylation is 4. The number of pyridine rings is 2. The van der Waals surface area contributed by atoms with E-state index in [1.54, 1.807) is 0 Å². The molecular formula is C38H38IrN2-2. The monoisotopic (exact) mass is 715 g/mol. The van der Waals surface area contributed by atoms with Gasteiger partial charge in [0, 0.05) is 32.5 Å². The third-order valence-corrected chi connectivity index (χ3v) is 8.88. The minimum Gasteiger partial charge on any atom is -0.304 e. The quantitative estimate of drug-likeness (QED) is 0.170. The molecule has 0 N–H and O–H groups in total. The number of hydrogen-bond acceptors (Lipinski definition) is 2. The Morgan fingerprint density at radius 3 is 1.88 bits per heavy atom. The summed E-state index contributed by atoms with van der Waals surface area (Å²) < 4.78 is 0. The van der Waals surface area contributed by atoms with Crippen LogP contribution in [-0.4, -0.2) is 9.97 Å². The summed E-state index contributed by atoms with van der Waals surface area (Å²) in [5.41, 5.74) is 14.5. The van der Waals surface area contributed by atoms with Crippen LogP contribution in [0.2, 0.25) is 0 Å². The molecule has 3 aromatic carbocycles. The predicted molar refractivity (Wildman–Crippen MR) is 167 cm³/mol. The first kappa shape index (κ1) is 30.6. The molecule has 6 rings (SSSR count). The molecule has 41 heavy (non-hydrogen) atoms. The number of hydrogen-bond donors (Lipinski definition) is 0. The largest absolute Gasteiger partial charge is 0.304 e. The van der Waals surface area contributed by atoms with Crippen molar-refractivity contribution in [3.05, 3.63) is 131 Å². The second-order valence-corrected chi connectivity index (χ2v) is 12.1. The zero-order chi connectivity index (χ0) is 28.7. The minimum absolute atomic E-state index is 0. The number of aromatic nitrogens is 2. The summed E-state index contributed by atoms with van der Waals surface area (Å²) in [4.78, 5) is 8.99. The first-order valence-electron chi connectivity index (χ1n) is 14.0. The van der Waals surface area contributed by atoms with Crippen LogP contribution in [0.1, 0.15) is 61.1 Å². The molecule has 1 aliphatic carbocycles. The molecule has 0 unspecified atom stereocenters. The molecule has 5 aromatic rings. The Bertz CT molecular complexity index is 1620. The molecule has 211 valence electrons. The van der Waals surface area contributed by atoms with Gasteiger partial charge in [-0.15, -0.1) is 64.7 Å². The van der Waals surface area contributed by atoms with Crippen molar-refractivity contribution in [2.45, 2.75) is 66.2 Å². The maximum atomic E-state index is 4.65. The summed E-state index contributed by atoms with van der Waals surface area (Å²) >= 11 is 0. The zero-order valence-electron chi connectivity index (χ0n) is 25.3. The first-order chi connectivity index (χ1) is 19.0. The van der Waals surface area contributed by atoms with Crippen molar-refractivity contribution in [2.75, 3.05) is 0 Å². The van der Waals surface area contributed by atoms with Crippen molar-refractivity contribution in [3.8, 4) is 33.6 Å². The van der Waals surface area contributed by atoms with Gasteiger partial charge in [-0.05, 0) is 65.2 Å². The Balaban J connectivity index is 0.000000219. The van der Waals surface area contributed by atoms with Gasteiger partial charge in [0.05, 0.1) is 0 Å². The fraction of sp³-hybridized carbons (Fsp3) is 0.263. The predicted octanol–water partition coefficient (Wildman–Crippen LogP) is 9.56. The number of rotatable bonds is 2. The van der Waals surface area contributed by atoms with E-state index in [1.165, 1.54) is 44.5 Å². The van der Waals surface area contributed by atoms with Crippen LogP contribution in [-0.2, 0) is 30.9 Å². The molecule has 1 radical (unpaired) electrons. The van der Waals surface area contributed by atoms with Crippen LogP contribution in [0.25, 0.3) is 33.6 Å². The van der Waals surface area contributed by atoms with Gasteiger partial charge in [-0.3, -0.25) is 0 Å². The Morgan fingerprint density at radius 1 is 0.561 bits per heavy atom. The van der Waals surface area contributed by atoms with E-state index in [4.69, 9.17) is 0 Å². The normalized spacial score (nSPS) is 14.0. The van der Waals surface area contributed by atoms with Crippen molar-refractivity contribution < 1.29 is 20.1 Å². The molecule has 0 spiro atoms. The van der Waals surface area contributed by atoms with Crippen LogP contribution in [0.3, 0.4) is 0 Å². The first-order valence-corrected chi connectivity index (χ1v) is 14.0. The number of nitrogens with zero attached hydrogens (tertiary/aromatic N) is 2. The van der Waals surface area contributed by atoms with Crippen LogP contribution in [0.15, 0.2) is 85.2 Å². The van der Waals surface area contributed by atoms with Gasteiger partial charge in [-0.2, -0.15) is 0 Å². The molecule has 0 fully saturated rings. The molecule has 1 aliphatic rings. The van der Waals surface area contributed by atoms with E-state index in [1.807, 2.05) is 37.5 Å². The Morgan fingerprint density at radius 2 is 1.22 bits per heavy atom. The summed E-state index contributed by atoms with van der Waals surface area (Å²) in [6, 6.07) is 32.4. The van der Waals surface area contributed by atoms with Gasteiger partial charge < -0.3 is 9.97 Å². The van der Waals surface area contributed by atoms with E-state index in [0.29, 0.717) is 0 Å². The number of benzene rings is 3. The van der Waals surface area contributed by atoms with E-state index < -0.39 is 0 Å². The maximum absolute atomic E-state index is 4.65. The average Bonchev–Trinajstić information content (AvgIpc) is 2.95. The molecule has 3 heteroatoms. The Kier molecular flexibility index (Phi) is 8.83. The van der Waals surface area contributed by atoms with E-state index in [2.05, 4.69) is 125 Å². The molecule has 0 saturated carbocycles. The van der Waals surface area contributed by atoms with Crippen molar-refractivity contribution in [1.82, 2.24) is 9.97 Å². The van der Waals surface area contributed by atoms with Gasteiger partial charge in [0.25, 0.3) is 0 Å². The molecule has 0 atom stereocenters. The van der Waals surface area contributed by atoms with Gasteiger partial charge in [0.15, 0.2) is 0 Å². The summed E-state index contributed by atoms with van der Waals surface area (Å²) in [6.45, 7) is 17.7. The van der Waals surface area contributed by atoms with Crippen molar-refractivity contribution >= 4 is 0 Å². The van der Waals surface area contributed by atoms with E-state index in [-0.39, 0.29) is 30.9 Å². The average molecular weight is 715 g/mol. The SMILES string of the molecule is Cc1c[c-]c(-c2ccc(C)cn2)cc1.Cc1cnc(-c2[c-]cc3c(c2)-c2ccccc2C(C)(C)C3(C)C)cc1C.[Ir]. The zero-order valence-corrected chi connectivity index (χ0v) is 27.7. The molecule has 0 amide bonds. The summed E-state index contributed by atoms with van der Waals surface area (Å²) in [6.07, 6.45) is 3.84. The summed E-state index contributed by atoms with van der Waals surface area (Å²) in [5.74, 6) is 0. The van der Waals surface area contributed by atoms with Crippen LogP contribution in [0, 0.1) is 39.8 Å². The van der Waals surface area contributed by atoms with Crippen LogP contribution in [0.4, 0.5) is 0 Å². The smallest absolute Gasteiger partial charge is 0.0192 e. The van der Waals surface area contributed by atoms with Crippen molar-refractivity contribution in [3.63, 3.8) is 0 Å². The Hall–Kier alpha value is -3.39. The third-order valence-electron chi connectivity index (χ3n) is 8.88. The fourth-order valence-corrected chi connectivity index (χ4v) is 5.38. The van der Waals surface area contributed by atoms with Crippen molar-refractivity contribution in [2.24, 2.45) is 0 Å². The van der Waals surface area contributed by atoms with Crippen LogP contribution < -0.4 is 0 Å². The summed E-state index contributed by atoms with van der Waals surface area (Å²) in [7, 11) is 0.